The number of hydrogen-bond acceptors (Lipinski definition) is 4. The number of hydrogen-bond donors (Lipinski definition) is 1. The van der Waals surface area contributed by atoms with E-state index in [1.807, 2.05) is 0 Å². The van der Waals surface area contributed by atoms with Crippen LogP contribution in [-0.2, 0) is 13.1 Å². The highest BCUT2D eigenvalue weighted by molar-refractivity contribution is 6.42. The first-order valence-electron chi connectivity index (χ1n) is 5.89. The summed E-state index contributed by atoms with van der Waals surface area (Å²) in [6, 6.07) is 4.83. The first-order valence-corrected chi connectivity index (χ1v) is 6.65. The zero-order valence-electron chi connectivity index (χ0n) is 10.3. The molecule has 2 heterocycles. The summed E-state index contributed by atoms with van der Waals surface area (Å²) in [4.78, 5) is 22.1. The molecule has 2 N–H and O–H groups in total. The van der Waals surface area contributed by atoms with Crippen LogP contribution in [0.4, 0.5) is 5.95 Å². The first-order chi connectivity index (χ1) is 9.54. The van der Waals surface area contributed by atoms with E-state index in [4.69, 9.17) is 28.9 Å². The number of nitrogen functional groups attached to an aromatic ring is 1. The normalized spacial score (nSPS) is 13.4. The van der Waals surface area contributed by atoms with Crippen LogP contribution in [0.3, 0.4) is 0 Å². The average molecular weight is 309 g/mol. The summed E-state index contributed by atoms with van der Waals surface area (Å²) in [6.07, 6.45) is 1.65. The Morgan fingerprint density at radius 1 is 1.25 bits per heavy atom. The number of amides is 1. The first kappa shape index (κ1) is 13.1. The minimum absolute atomic E-state index is 0.125. The predicted octanol–water partition coefficient (Wildman–Crippen LogP) is 2.52. The van der Waals surface area contributed by atoms with Gasteiger partial charge in [0.25, 0.3) is 5.91 Å². The third kappa shape index (κ3) is 2.30. The van der Waals surface area contributed by atoms with Crippen molar-refractivity contribution in [3.8, 4) is 0 Å². The molecule has 0 saturated carbocycles. The Morgan fingerprint density at radius 2 is 2.05 bits per heavy atom. The number of halogens is 2. The number of anilines is 1. The van der Waals surface area contributed by atoms with Crippen molar-refractivity contribution in [3.63, 3.8) is 0 Å². The minimum atomic E-state index is -0.125. The highest BCUT2D eigenvalue weighted by Crippen LogP contribution is 2.26. The van der Waals surface area contributed by atoms with Gasteiger partial charge in [0.15, 0.2) is 0 Å². The molecule has 102 valence electrons. The Hall–Kier alpha value is -1.85. The molecule has 1 amide bonds. The number of fused-ring (bicyclic) bond motifs is 1. The number of carbonyl (C=O) groups is 1. The van der Waals surface area contributed by atoms with Gasteiger partial charge in [-0.1, -0.05) is 23.2 Å². The fraction of sp³-hybridized carbons (Fsp3) is 0.154. The van der Waals surface area contributed by atoms with Gasteiger partial charge in [-0.2, -0.15) is 0 Å². The molecule has 0 radical (unpaired) electrons. The van der Waals surface area contributed by atoms with Gasteiger partial charge in [-0.15, -0.1) is 0 Å². The summed E-state index contributed by atoms with van der Waals surface area (Å²) in [5, 5.41) is 0.782. The van der Waals surface area contributed by atoms with Crippen LogP contribution in [0.25, 0.3) is 0 Å². The summed E-state index contributed by atoms with van der Waals surface area (Å²) < 4.78 is 0. The van der Waals surface area contributed by atoms with Crippen LogP contribution in [0, 0.1) is 0 Å². The maximum absolute atomic E-state index is 12.4. The van der Waals surface area contributed by atoms with E-state index in [1.165, 1.54) is 0 Å². The lowest BCUT2D eigenvalue weighted by Crippen LogP contribution is -2.25. The van der Waals surface area contributed by atoms with Gasteiger partial charge in [0, 0.05) is 23.9 Å². The minimum Gasteiger partial charge on any atom is -0.368 e. The fourth-order valence-electron chi connectivity index (χ4n) is 2.12. The van der Waals surface area contributed by atoms with Crippen molar-refractivity contribution in [2.45, 2.75) is 13.1 Å². The molecule has 0 spiro atoms. The number of benzene rings is 1. The molecule has 3 rings (SSSR count). The summed E-state index contributed by atoms with van der Waals surface area (Å²) in [6.45, 7) is 0.885. The van der Waals surface area contributed by atoms with E-state index in [2.05, 4.69) is 9.97 Å². The van der Waals surface area contributed by atoms with Crippen LogP contribution >= 0.6 is 23.2 Å². The van der Waals surface area contributed by atoms with Crippen molar-refractivity contribution in [2.24, 2.45) is 0 Å². The van der Waals surface area contributed by atoms with Crippen LogP contribution in [0.5, 0.6) is 0 Å². The van der Waals surface area contributed by atoms with Gasteiger partial charge in [0.05, 0.1) is 22.3 Å². The Labute approximate surface area is 125 Å². The standard InChI is InChI=1S/C13H10Cl2N4O/c14-9-2-1-7(3-10(9)15)12(20)19-5-8-4-17-13(16)18-11(8)6-19/h1-4H,5-6H2,(H2,16,17,18). The molecule has 0 unspecified atom stereocenters. The van der Waals surface area contributed by atoms with Crippen molar-refractivity contribution < 1.29 is 4.79 Å². The molecule has 1 aromatic carbocycles. The molecule has 0 atom stereocenters. The van der Waals surface area contributed by atoms with E-state index in [-0.39, 0.29) is 11.9 Å². The monoisotopic (exact) mass is 308 g/mol. The SMILES string of the molecule is Nc1ncc2c(n1)CN(C(=O)c1ccc(Cl)c(Cl)c1)C2. The largest absolute Gasteiger partial charge is 0.368 e. The van der Waals surface area contributed by atoms with Gasteiger partial charge in [-0.3, -0.25) is 4.79 Å². The highest BCUT2D eigenvalue weighted by Gasteiger charge is 2.26. The number of nitrogens with zero attached hydrogens (tertiary/aromatic N) is 3. The summed E-state index contributed by atoms with van der Waals surface area (Å²) in [5.41, 5.74) is 7.73. The van der Waals surface area contributed by atoms with E-state index in [0.29, 0.717) is 28.7 Å². The summed E-state index contributed by atoms with van der Waals surface area (Å²) in [7, 11) is 0. The lowest BCUT2D eigenvalue weighted by Gasteiger charge is -2.15. The van der Waals surface area contributed by atoms with Gasteiger partial charge in [-0.25, -0.2) is 9.97 Å². The van der Waals surface area contributed by atoms with Crippen LogP contribution in [0.2, 0.25) is 10.0 Å². The lowest BCUT2D eigenvalue weighted by molar-refractivity contribution is 0.0750. The second-order valence-electron chi connectivity index (χ2n) is 4.49. The summed E-state index contributed by atoms with van der Waals surface area (Å²) in [5.74, 6) is 0.0905. The van der Waals surface area contributed by atoms with Crippen molar-refractivity contribution >= 4 is 35.1 Å². The smallest absolute Gasteiger partial charge is 0.254 e. The van der Waals surface area contributed by atoms with Crippen molar-refractivity contribution in [2.75, 3.05) is 5.73 Å². The molecular formula is C13H10Cl2N4O. The van der Waals surface area contributed by atoms with Gasteiger partial charge < -0.3 is 10.6 Å². The van der Waals surface area contributed by atoms with E-state index in [0.717, 1.165) is 11.3 Å². The molecule has 0 saturated heterocycles. The summed E-state index contributed by atoms with van der Waals surface area (Å²) >= 11 is 11.8. The molecule has 2 aromatic rings. The molecule has 1 aliphatic rings. The van der Waals surface area contributed by atoms with Crippen LogP contribution < -0.4 is 5.73 Å². The van der Waals surface area contributed by atoms with E-state index >= 15 is 0 Å². The van der Waals surface area contributed by atoms with E-state index in [9.17, 15) is 4.79 Å². The maximum atomic E-state index is 12.4. The number of nitrogens with two attached hydrogens (primary N) is 1. The van der Waals surface area contributed by atoms with Crippen molar-refractivity contribution in [3.05, 3.63) is 51.3 Å². The van der Waals surface area contributed by atoms with E-state index in [1.54, 1.807) is 29.3 Å². The quantitative estimate of drug-likeness (QED) is 0.878. The van der Waals surface area contributed by atoms with Crippen LogP contribution in [0.1, 0.15) is 21.6 Å². The topological polar surface area (TPSA) is 72.1 Å². The van der Waals surface area contributed by atoms with Crippen LogP contribution in [0.15, 0.2) is 24.4 Å². The molecule has 0 bridgehead atoms. The second kappa shape index (κ2) is 4.92. The van der Waals surface area contributed by atoms with Gasteiger partial charge in [0.1, 0.15) is 0 Å². The van der Waals surface area contributed by atoms with Gasteiger partial charge >= 0.3 is 0 Å². The molecule has 7 heteroatoms. The van der Waals surface area contributed by atoms with Crippen molar-refractivity contribution in [1.82, 2.24) is 14.9 Å². The Kier molecular flexibility index (Phi) is 3.23. The molecule has 1 aromatic heterocycles. The highest BCUT2D eigenvalue weighted by atomic mass is 35.5. The fourth-order valence-corrected chi connectivity index (χ4v) is 2.42. The molecule has 0 fully saturated rings. The van der Waals surface area contributed by atoms with Gasteiger partial charge in [-0.05, 0) is 18.2 Å². The van der Waals surface area contributed by atoms with Crippen molar-refractivity contribution in [1.29, 1.82) is 0 Å². The second-order valence-corrected chi connectivity index (χ2v) is 5.30. The molecule has 20 heavy (non-hydrogen) atoms. The zero-order valence-corrected chi connectivity index (χ0v) is 11.8. The number of rotatable bonds is 1. The average Bonchev–Trinajstić information content (AvgIpc) is 2.84. The third-order valence-electron chi connectivity index (χ3n) is 3.13. The third-order valence-corrected chi connectivity index (χ3v) is 3.87. The maximum Gasteiger partial charge on any atom is 0.254 e. The molecule has 1 aliphatic heterocycles. The van der Waals surface area contributed by atoms with E-state index < -0.39 is 0 Å². The molecular weight excluding hydrogens is 299 g/mol. The molecule has 0 aliphatic carbocycles. The van der Waals surface area contributed by atoms with Gasteiger partial charge in [0.2, 0.25) is 5.95 Å². The number of aromatic nitrogens is 2. The Morgan fingerprint density at radius 3 is 2.80 bits per heavy atom. The Bertz CT molecular complexity index is 705. The zero-order chi connectivity index (χ0) is 14.3. The van der Waals surface area contributed by atoms with Crippen LogP contribution in [-0.4, -0.2) is 20.8 Å². The lowest BCUT2D eigenvalue weighted by atomic mass is 10.2. The molecule has 5 nitrogen and oxygen atoms in total. The predicted molar refractivity (Wildman–Crippen MR) is 76.5 cm³/mol. The Balaban J connectivity index is 1.85. The number of carbonyl (C=O) groups excluding carboxylic acids is 1.